The third-order valence-corrected chi connectivity index (χ3v) is 4.28. The van der Waals surface area contributed by atoms with Gasteiger partial charge in [0.2, 0.25) is 0 Å². The van der Waals surface area contributed by atoms with Crippen LogP contribution in [0.5, 0.6) is 5.75 Å². The molecule has 1 heterocycles. The maximum absolute atomic E-state index is 11.8. The summed E-state index contributed by atoms with van der Waals surface area (Å²) in [6, 6.07) is 20.1. The molecule has 5 nitrogen and oxygen atoms in total. The Hall–Kier alpha value is -3.60. The zero-order chi connectivity index (χ0) is 18.1. The fraction of sp³-hybridized carbons (Fsp3) is 0.0476. The minimum Gasteiger partial charge on any atom is -0.507 e. The molecule has 128 valence electrons. The molecule has 0 unspecified atom stereocenters. The van der Waals surface area contributed by atoms with Crippen molar-refractivity contribution in [3.05, 3.63) is 72.3 Å². The zero-order valence-electron chi connectivity index (χ0n) is 14.1. The summed E-state index contributed by atoms with van der Waals surface area (Å²) in [6.07, 6.45) is 0. The van der Waals surface area contributed by atoms with Crippen LogP contribution in [0.4, 0.5) is 0 Å². The lowest BCUT2D eigenvalue weighted by Crippen LogP contribution is -2.00. The van der Waals surface area contributed by atoms with E-state index in [1.54, 1.807) is 30.3 Å². The summed E-state index contributed by atoms with van der Waals surface area (Å²) >= 11 is 0. The molecule has 0 aliphatic rings. The van der Waals surface area contributed by atoms with Gasteiger partial charge in [0.1, 0.15) is 11.6 Å². The molecule has 0 fully saturated rings. The molecule has 3 aromatic carbocycles. The number of aromatic hydroxyl groups is 1. The molecule has 4 rings (SSSR count). The fourth-order valence-corrected chi connectivity index (χ4v) is 2.98. The number of rotatable bonds is 3. The van der Waals surface area contributed by atoms with E-state index in [2.05, 4.69) is 9.97 Å². The van der Waals surface area contributed by atoms with Gasteiger partial charge < -0.3 is 14.8 Å². The first-order chi connectivity index (χ1) is 12.7. The number of phenolic OH excluding ortho intramolecular Hbond substituents is 1. The summed E-state index contributed by atoms with van der Waals surface area (Å²) in [4.78, 5) is 19.5. The van der Waals surface area contributed by atoms with Crippen molar-refractivity contribution < 1.29 is 14.6 Å². The number of carbonyl (C=O) groups excluding carboxylic acids is 1. The van der Waals surface area contributed by atoms with E-state index in [0.29, 0.717) is 22.5 Å². The van der Waals surface area contributed by atoms with Crippen molar-refractivity contribution in [1.82, 2.24) is 9.97 Å². The molecule has 2 N–H and O–H groups in total. The van der Waals surface area contributed by atoms with E-state index in [-0.39, 0.29) is 5.75 Å². The molecule has 5 heteroatoms. The number of aromatic amines is 1. The monoisotopic (exact) mass is 344 g/mol. The zero-order valence-corrected chi connectivity index (χ0v) is 14.1. The average Bonchev–Trinajstić information content (AvgIpc) is 3.11. The van der Waals surface area contributed by atoms with Crippen LogP contribution in [0.15, 0.2) is 66.7 Å². The van der Waals surface area contributed by atoms with Crippen LogP contribution in [0.25, 0.3) is 33.5 Å². The van der Waals surface area contributed by atoms with Gasteiger partial charge >= 0.3 is 5.97 Å². The van der Waals surface area contributed by atoms with Crippen molar-refractivity contribution in [2.75, 3.05) is 7.11 Å². The van der Waals surface area contributed by atoms with E-state index in [0.717, 1.165) is 16.6 Å². The maximum atomic E-state index is 11.8. The van der Waals surface area contributed by atoms with Crippen molar-refractivity contribution in [2.45, 2.75) is 0 Å². The molecule has 0 atom stereocenters. The number of carbonyl (C=O) groups is 1. The first kappa shape index (κ1) is 15.9. The minimum atomic E-state index is -0.417. The largest absolute Gasteiger partial charge is 0.507 e. The number of esters is 1. The van der Waals surface area contributed by atoms with Gasteiger partial charge in [0.25, 0.3) is 0 Å². The maximum Gasteiger partial charge on any atom is 0.337 e. The molecule has 0 amide bonds. The van der Waals surface area contributed by atoms with Gasteiger partial charge in [-0.1, -0.05) is 36.4 Å². The summed E-state index contributed by atoms with van der Waals surface area (Å²) in [6.45, 7) is 0. The van der Waals surface area contributed by atoms with Crippen LogP contribution in [0, 0.1) is 0 Å². The number of aromatic nitrogens is 2. The Morgan fingerprint density at radius 2 is 1.77 bits per heavy atom. The van der Waals surface area contributed by atoms with Crippen LogP contribution >= 0.6 is 0 Å². The molecule has 0 aliphatic heterocycles. The van der Waals surface area contributed by atoms with E-state index >= 15 is 0 Å². The fourth-order valence-electron chi connectivity index (χ4n) is 2.98. The van der Waals surface area contributed by atoms with Crippen LogP contribution in [-0.4, -0.2) is 28.2 Å². The highest BCUT2D eigenvalue weighted by Crippen LogP contribution is 2.37. The topological polar surface area (TPSA) is 75.2 Å². The summed E-state index contributed by atoms with van der Waals surface area (Å²) in [5, 5.41) is 10.8. The number of fused-ring (bicyclic) bond motifs is 1. The Balaban J connectivity index is 1.82. The minimum absolute atomic E-state index is 0.105. The highest BCUT2D eigenvalue weighted by atomic mass is 16.5. The molecule has 26 heavy (non-hydrogen) atoms. The van der Waals surface area contributed by atoms with Gasteiger partial charge in [0.05, 0.1) is 29.3 Å². The number of ether oxygens (including phenoxy) is 1. The molecule has 4 aromatic rings. The Kier molecular flexibility index (Phi) is 3.89. The molecule has 0 bridgehead atoms. The molecular formula is C21H16N2O3. The third-order valence-electron chi connectivity index (χ3n) is 4.28. The Morgan fingerprint density at radius 1 is 1.00 bits per heavy atom. The lowest BCUT2D eigenvalue weighted by molar-refractivity contribution is 0.0601. The van der Waals surface area contributed by atoms with Crippen molar-refractivity contribution in [2.24, 2.45) is 0 Å². The van der Waals surface area contributed by atoms with E-state index in [1.165, 1.54) is 7.11 Å². The summed E-state index contributed by atoms with van der Waals surface area (Å²) in [7, 11) is 1.34. The second-order valence-corrected chi connectivity index (χ2v) is 5.88. The number of hydrogen-bond acceptors (Lipinski definition) is 4. The summed E-state index contributed by atoms with van der Waals surface area (Å²) < 4.78 is 4.77. The number of H-pyrrole nitrogens is 1. The third kappa shape index (κ3) is 2.69. The van der Waals surface area contributed by atoms with E-state index in [4.69, 9.17) is 4.74 Å². The van der Waals surface area contributed by atoms with E-state index < -0.39 is 5.97 Å². The molecule has 1 aromatic heterocycles. The van der Waals surface area contributed by atoms with E-state index in [9.17, 15) is 9.90 Å². The quantitative estimate of drug-likeness (QED) is 0.541. The van der Waals surface area contributed by atoms with Gasteiger partial charge in [-0.15, -0.1) is 0 Å². The lowest BCUT2D eigenvalue weighted by atomic mass is 9.99. The Bertz CT molecular complexity index is 1080. The highest BCUT2D eigenvalue weighted by Gasteiger charge is 2.15. The van der Waals surface area contributed by atoms with E-state index in [1.807, 2.05) is 36.4 Å². The second-order valence-electron chi connectivity index (χ2n) is 5.88. The number of nitrogens with one attached hydrogen (secondary N) is 1. The van der Waals surface area contributed by atoms with Gasteiger partial charge in [-0.3, -0.25) is 0 Å². The Labute approximate surface area is 149 Å². The second kappa shape index (κ2) is 6.37. The molecule has 0 aliphatic carbocycles. The van der Waals surface area contributed by atoms with Gasteiger partial charge in [-0.2, -0.15) is 0 Å². The standard InChI is InChI=1S/C21H16N2O3/c1-26-21(25)14-7-4-6-13(12-14)15-8-5-9-16(19(15)24)20-22-17-10-2-3-11-18(17)23-20/h2-12,24H,1H3,(H,22,23). The number of imidazole rings is 1. The number of hydrogen-bond donors (Lipinski definition) is 2. The number of methoxy groups -OCH3 is 1. The first-order valence-corrected chi connectivity index (χ1v) is 8.13. The van der Waals surface area contributed by atoms with Gasteiger partial charge in [0.15, 0.2) is 0 Å². The normalized spacial score (nSPS) is 10.8. The molecule has 0 saturated carbocycles. The number of nitrogens with zero attached hydrogens (tertiary/aromatic N) is 1. The lowest BCUT2D eigenvalue weighted by Gasteiger charge is -2.09. The van der Waals surface area contributed by atoms with Gasteiger partial charge in [0, 0.05) is 5.56 Å². The van der Waals surface area contributed by atoms with Crippen LogP contribution < -0.4 is 0 Å². The SMILES string of the molecule is COC(=O)c1cccc(-c2cccc(-c3nc4ccccc4[nH]3)c2O)c1. The number of para-hydroxylation sites is 3. The number of benzene rings is 3. The predicted molar refractivity (Wildman–Crippen MR) is 100.0 cm³/mol. The number of phenols is 1. The van der Waals surface area contributed by atoms with Crippen molar-refractivity contribution in [3.8, 4) is 28.3 Å². The van der Waals surface area contributed by atoms with Crippen LogP contribution in [-0.2, 0) is 4.74 Å². The first-order valence-electron chi connectivity index (χ1n) is 8.13. The highest BCUT2D eigenvalue weighted by molar-refractivity contribution is 5.92. The molecule has 0 radical (unpaired) electrons. The summed E-state index contributed by atoms with van der Waals surface area (Å²) in [5.74, 6) is 0.281. The molecular weight excluding hydrogens is 328 g/mol. The summed E-state index contributed by atoms with van der Waals surface area (Å²) in [5.41, 5.74) is 4.11. The average molecular weight is 344 g/mol. The van der Waals surface area contributed by atoms with Crippen LogP contribution in [0.1, 0.15) is 10.4 Å². The van der Waals surface area contributed by atoms with Crippen LogP contribution in [0.3, 0.4) is 0 Å². The molecule has 0 saturated heterocycles. The Morgan fingerprint density at radius 3 is 2.58 bits per heavy atom. The van der Waals surface area contributed by atoms with Gasteiger partial charge in [-0.05, 0) is 35.9 Å². The van der Waals surface area contributed by atoms with Crippen molar-refractivity contribution >= 4 is 17.0 Å². The smallest absolute Gasteiger partial charge is 0.337 e. The van der Waals surface area contributed by atoms with Gasteiger partial charge in [-0.25, -0.2) is 9.78 Å². The predicted octanol–water partition coefficient (Wildman–Crippen LogP) is 4.39. The van der Waals surface area contributed by atoms with Crippen LogP contribution in [0.2, 0.25) is 0 Å². The van der Waals surface area contributed by atoms with Crippen molar-refractivity contribution in [3.63, 3.8) is 0 Å². The van der Waals surface area contributed by atoms with Crippen molar-refractivity contribution in [1.29, 1.82) is 0 Å². The molecule has 0 spiro atoms.